The molecule has 0 bridgehead atoms. The van der Waals surface area contributed by atoms with Gasteiger partial charge in [0.1, 0.15) is 5.75 Å². The highest BCUT2D eigenvalue weighted by Gasteiger charge is 2.23. The Morgan fingerprint density at radius 2 is 2.00 bits per heavy atom. The molecule has 0 radical (unpaired) electrons. The van der Waals surface area contributed by atoms with Crippen molar-refractivity contribution in [2.45, 2.75) is 32.6 Å². The second-order valence-corrected chi connectivity index (χ2v) is 7.06. The third-order valence-corrected chi connectivity index (χ3v) is 4.83. The van der Waals surface area contributed by atoms with Crippen LogP contribution in [0.1, 0.15) is 32.6 Å². The fourth-order valence-corrected chi connectivity index (χ4v) is 3.79. The minimum atomic E-state index is -3.26. The van der Waals surface area contributed by atoms with Crippen LogP contribution in [0.5, 0.6) is 0 Å². The average Bonchev–Trinajstić information content (AvgIpc) is 2.29. The molecule has 0 aliphatic carbocycles. The Balaban J connectivity index is 2.31. The molecule has 1 saturated heterocycles. The van der Waals surface area contributed by atoms with Gasteiger partial charge in [0.2, 0.25) is 5.91 Å². The fraction of sp³-hybridized carbons (Fsp3) is 0.917. The quantitative estimate of drug-likeness (QED) is 0.657. The van der Waals surface area contributed by atoms with E-state index in [1.807, 2.05) is 6.92 Å². The van der Waals surface area contributed by atoms with Crippen molar-refractivity contribution in [3.8, 4) is 0 Å². The summed E-state index contributed by atoms with van der Waals surface area (Å²) in [7, 11) is -3.26. The van der Waals surface area contributed by atoms with Crippen LogP contribution in [0.15, 0.2) is 0 Å². The second-order valence-electron chi connectivity index (χ2n) is 4.95. The van der Waals surface area contributed by atoms with Gasteiger partial charge in [0, 0.05) is 6.54 Å². The van der Waals surface area contributed by atoms with Crippen molar-refractivity contribution in [2.75, 3.05) is 31.1 Å². The fourth-order valence-electron chi connectivity index (χ4n) is 2.12. The zero-order valence-corrected chi connectivity index (χ0v) is 11.9. The first-order valence-corrected chi connectivity index (χ1v) is 8.53. The van der Waals surface area contributed by atoms with E-state index in [9.17, 15) is 13.2 Å². The van der Waals surface area contributed by atoms with Gasteiger partial charge in [-0.15, -0.1) is 0 Å². The molecule has 5 nitrogen and oxygen atoms in total. The van der Waals surface area contributed by atoms with E-state index in [0.29, 0.717) is 6.54 Å². The van der Waals surface area contributed by atoms with Gasteiger partial charge in [-0.2, -0.15) is 0 Å². The van der Waals surface area contributed by atoms with Crippen LogP contribution in [0.4, 0.5) is 0 Å². The highest BCUT2D eigenvalue weighted by Crippen LogP contribution is 2.14. The Hall–Kier alpha value is -0.620. The summed E-state index contributed by atoms with van der Waals surface area (Å²) in [6.07, 6.45) is 3.65. The second kappa shape index (κ2) is 7.74. The van der Waals surface area contributed by atoms with Crippen molar-refractivity contribution in [3.63, 3.8) is 0 Å². The third-order valence-electron chi connectivity index (χ3n) is 3.15. The molecular weight excluding hydrogens is 252 g/mol. The number of amides is 1. The lowest BCUT2D eigenvalue weighted by molar-refractivity contribution is -0.118. The summed E-state index contributed by atoms with van der Waals surface area (Å²) in [4.78, 5) is 11.5. The summed E-state index contributed by atoms with van der Waals surface area (Å²) in [5.74, 6) is -0.367. The molecule has 0 atom stereocenters. The molecule has 1 aliphatic rings. The van der Waals surface area contributed by atoms with Crippen LogP contribution in [0.3, 0.4) is 0 Å². The molecule has 0 unspecified atom stereocenters. The molecule has 0 aromatic rings. The molecule has 2 N–H and O–H groups in total. The molecule has 6 heteroatoms. The minimum Gasteiger partial charge on any atom is -0.355 e. The number of hydrogen-bond acceptors (Lipinski definition) is 4. The van der Waals surface area contributed by atoms with Gasteiger partial charge in [-0.1, -0.05) is 13.3 Å². The Morgan fingerprint density at radius 1 is 1.33 bits per heavy atom. The Morgan fingerprint density at radius 3 is 2.61 bits per heavy atom. The standard InChI is InChI=1S/C12H24N2O3S/c1-2-3-6-14-12(15)10-18(16,17)9-11-4-7-13-8-5-11/h11,13H,2-10H2,1H3,(H,14,15). The van der Waals surface area contributed by atoms with E-state index in [-0.39, 0.29) is 23.3 Å². The van der Waals surface area contributed by atoms with Gasteiger partial charge < -0.3 is 10.6 Å². The van der Waals surface area contributed by atoms with Crippen molar-refractivity contribution in [1.82, 2.24) is 10.6 Å². The molecule has 18 heavy (non-hydrogen) atoms. The van der Waals surface area contributed by atoms with E-state index in [4.69, 9.17) is 0 Å². The SMILES string of the molecule is CCCCNC(=O)CS(=O)(=O)CC1CCNCC1. The number of carbonyl (C=O) groups excluding carboxylic acids is 1. The monoisotopic (exact) mass is 276 g/mol. The molecule has 1 fully saturated rings. The van der Waals surface area contributed by atoms with E-state index < -0.39 is 9.84 Å². The highest BCUT2D eigenvalue weighted by molar-refractivity contribution is 7.92. The molecule has 0 saturated carbocycles. The summed E-state index contributed by atoms with van der Waals surface area (Å²) in [6.45, 7) is 4.35. The largest absolute Gasteiger partial charge is 0.355 e. The van der Waals surface area contributed by atoms with Gasteiger partial charge in [-0.3, -0.25) is 4.79 Å². The van der Waals surface area contributed by atoms with E-state index in [0.717, 1.165) is 38.8 Å². The van der Waals surface area contributed by atoms with E-state index in [2.05, 4.69) is 10.6 Å². The van der Waals surface area contributed by atoms with Crippen molar-refractivity contribution in [3.05, 3.63) is 0 Å². The number of carbonyl (C=O) groups is 1. The summed E-state index contributed by atoms with van der Waals surface area (Å²) >= 11 is 0. The third kappa shape index (κ3) is 6.35. The van der Waals surface area contributed by atoms with Gasteiger partial charge in [0.25, 0.3) is 0 Å². The Kier molecular flexibility index (Phi) is 6.63. The van der Waals surface area contributed by atoms with Crippen LogP contribution in [0.25, 0.3) is 0 Å². The molecule has 0 aromatic carbocycles. The van der Waals surface area contributed by atoms with Crippen LogP contribution in [0.2, 0.25) is 0 Å². The molecule has 1 amide bonds. The van der Waals surface area contributed by atoms with Gasteiger partial charge >= 0.3 is 0 Å². The predicted molar refractivity (Wildman–Crippen MR) is 72.2 cm³/mol. The van der Waals surface area contributed by atoms with Gasteiger partial charge in [0.05, 0.1) is 5.75 Å². The van der Waals surface area contributed by atoms with Crippen molar-refractivity contribution in [1.29, 1.82) is 0 Å². The lowest BCUT2D eigenvalue weighted by Crippen LogP contribution is -2.36. The first kappa shape index (κ1) is 15.4. The highest BCUT2D eigenvalue weighted by atomic mass is 32.2. The van der Waals surface area contributed by atoms with Gasteiger partial charge in [-0.25, -0.2) is 8.42 Å². The number of hydrogen-bond donors (Lipinski definition) is 2. The van der Waals surface area contributed by atoms with Crippen LogP contribution < -0.4 is 10.6 Å². The summed E-state index contributed by atoms with van der Waals surface area (Å²) in [6, 6.07) is 0. The van der Waals surface area contributed by atoms with Gasteiger partial charge in [-0.05, 0) is 38.3 Å². The predicted octanol–water partition coefficient (Wildman–Crippen LogP) is 0.317. The van der Waals surface area contributed by atoms with Crippen molar-refractivity contribution in [2.24, 2.45) is 5.92 Å². The number of sulfone groups is 1. The molecular formula is C12H24N2O3S. The maximum atomic E-state index is 11.9. The smallest absolute Gasteiger partial charge is 0.235 e. The molecule has 106 valence electrons. The average molecular weight is 276 g/mol. The summed E-state index contributed by atoms with van der Waals surface area (Å²) in [5, 5.41) is 5.85. The van der Waals surface area contributed by atoms with Crippen LogP contribution in [-0.2, 0) is 14.6 Å². The maximum absolute atomic E-state index is 11.9. The first-order valence-electron chi connectivity index (χ1n) is 6.71. The Labute approximate surface area is 110 Å². The minimum absolute atomic E-state index is 0.149. The molecule has 1 aliphatic heterocycles. The van der Waals surface area contributed by atoms with Gasteiger partial charge in [0.15, 0.2) is 9.84 Å². The molecule has 0 aromatic heterocycles. The molecule has 1 rings (SSSR count). The van der Waals surface area contributed by atoms with Crippen LogP contribution >= 0.6 is 0 Å². The normalized spacial score (nSPS) is 17.6. The Bertz CT molecular complexity index is 348. The lowest BCUT2D eigenvalue weighted by atomic mass is 10.0. The zero-order chi connectivity index (χ0) is 13.4. The van der Waals surface area contributed by atoms with Crippen molar-refractivity contribution < 1.29 is 13.2 Å². The van der Waals surface area contributed by atoms with Crippen LogP contribution in [-0.4, -0.2) is 45.5 Å². The topological polar surface area (TPSA) is 75.3 Å². The number of nitrogens with one attached hydrogen (secondary N) is 2. The number of rotatable bonds is 7. The number of piperidine rings is 1. The van der Waals surface area contributed by atoms with E-state index in [1.165, 1.54) is 0 Å². The summed E-state index contributed by atoms with van der Waals surface area (Å²) in [5.41, 5.74) is 0. The lowest BCUT2D eigenvalue weighted by Gasteiger charge is -2.22. The van der Waals surface area contributed by atoms with E-state index in [1.54, 1.807) is 0 Å². The molecule has 0 spiro atoms. The van der Waals surface area contributed by atoms with E-state index >= 15 is 0 Å². The zero-order valence-electron chi connectivity index (χ0n) is 11.1. The maximum Gasteiger partial charge on any atom is 0.235 e. The first-order chi connectivity index (χ1) is 8.53. The van der Waals surface area contributed by atoms with Crippen molar-refractivity contribution >= 4 is 15.7 Å². The molecule has 1 heterocycles. The summed E-state index contributed by atoms with van der Waals surface area (Å²) < 4.78 is 23.7. The number of unbranched alkanes of at least 4 members (excludes halogenated alkanes) is 1. The van der Waals surface area contributed by atoms with Crippen LogP contribution in [0, 0.1) is 5.92 Å².